The molecule has 3 heterocycles. The zero-order valence-electron chi connectivity index (χ0n) is 12.5. The van der Waals surface area contributed by atoms with Gasteiger partial charge in [-0.25, -0.2) is 9.97 Å². The van der Waals surface area contributed by atoms with Gasteiger partial charge in [0.15, 0.2) is 5.65 Å². The van der Waals surface area contributed by atoms with Gasteiger partial charge in [-0.2, -0.15) is 0 Å². The molecule has 0 aliphatic rings. The standard InChI is InChI=1S/C16H18N4S/c1-4-7-21-14-10-17-6-5-12(14)15-19-13-8-11(2)9-18-16(13)20(15)3/h5-6,8-10H,4,7H2,1-3H3. The van der Waals surface area contributed by atoms with Gasteiger partial charge >= 0.3 is 0 Å². The lowest BCUT2D eigenvalue weighted by atomic mass is 10.2. The molecule has 4 nitrogen and oxygen atoms in total. The maximum Gasteiger partial charge on any atom is 0.160 e. The first-order valence-electron chi connectivity index (χ1n) is 7.07. The summed E-state index contributed by atoms with van der Waals surface area (Å²) in [4.78, 5) is 14.7. The lowest BCUT2D eigenvalue weighted by Crippen LogP contribution is -1.96. The first kappa shape index (κ1) is 14.1. The number of hydrogen-bond acceptors (Lipinski definition) is 4. The highest BCUT2D eigenvalue weighted by atomic mass is 32.2. The molecule has 0 aliphatic heterocycles. The zero-order chi connectivity index (χ0) is 14.8. The molecule has 0 amide bonds. The van der Waals surface area contributed by atoms with Gasteiger partial charge in [0, 0.05) is 36.1 Å². The van der Waals surface area contributed by atoms with Crippen LogP contribution in [0.5, 0.6) is 0 Å². The first-order valence-corrected chi connectivity index (χ1v) is 8.05. The second-order valence-electron chi connectivity index (χ2n) is 5.07. The van der Waals surface area contributed by atoms with E-state index in [4.69, 9.17) is 4.98 Å². The van der Waals surface area contributed by atoms with Gasteiger partial charge in [-0.3, -0.25) is 4.98 Å². The van der Waals surface area contributed by atoms with E-state index in [1.165, 1.54) is 4.90 Å². The van der Waals surface area contributed by atoms with Crippen molar-refractivity contribution in [1.82, 2.24) is 19.5 Å². The van der Waals surface area contributed by atoms with Crippen LogP contribution in [0, 0.1) is 6.92 Å². The second kappa shape index (κ2) is 5.85. The van der Waals surface area contributed by atoms with Crippen LogP contribution in [0.3, 0.4) is 0 Å². The monoisotopic (exact) mass is 298 g/mol. The Morgan fingerprint density at radius 2 is 2.14 bits per heavy atom. The summed E-state index contributed by atoms with van der Waals surface area (Å²) in [6, 6.07) is 4.11. The SMILES string of the molecule is CCCSc1cnccc1-c1nc2cc(C)cnc2n1C. The Labute approximate surface area is 128 Å². The van der Waals surface area contributed by atoms with Crippen LogP contribution in [0.25, 0.3) is 22.6 Å². The van der Waals surface area contributed by atoms with Crippen LogP contribution in [0.4, 0.5) is 0 Å². The minimum atomic E-state index is 0.916. The van der Waals surface area contributed by atoms with Crippen molar-refractivity contribution < 1.29 is 0 Å². The average molecular weight is 298 g/mol. The Morgan fingerprint density at radius 3 is 2.95 bits per heavy atom. The summed E-state index contributed by atoms with van der Waals surface area (Å²) in [6.07, 6.45) is 6.77. The van der Waals surface area contributed by atoms with Crippen LogP contribution in [-0.4, -0.2) is 25.3 Å². The highest BCUT2D eigenvalue weighted by Crippen LogP contribution is 2.31. The number of rotatable bonds is 4. The minimum absolute atomic E-state index is 0.916. The highest BCUT2D eigenvalue weighted by Gasteiger charge is 2.14. The highest BCUT2D eigenvalue weighted by molar-refractivity contribution is 7.99. The summed E-state index contributed by atoms with van der Waals surface area (Å²) in [5.74, 6) is 2.03. The first-order chi connectivity index (χ1) is 10.2. The molecule has 0 atom stereocenters. The summed E-state index contributed by atoms with van der Waals surface area (Å²) in [6.45, 7) is 4.22. The summed E-state index contributed by atoms with van der Waals surface area (Å²) >= 11 is 1.83. The lowest BCUT2D eigenvalue weighted by molar-refractivity contribution is 0.935. The maximum absolute atomic E-state index is 4.77. The Hall–Kier alpha value is -1.88. The molecule has 3 aromatic heterocycles. The number of hydrogen-bond donors (Lipinski definition) is 0. The minimum Gasteiger partial charge on any atom is -0.312 e. The fourth-order valence-electron chi connectivity index (χ4n) is 2.31. The number of pyridine rings is 2. The number of imidazole rings is 1. The van der Waals surface area contributed by atoms with Crippen LogP contribution in [0.2, 0.25) is 0 Å². The molecule has 5 heteroatoms. The Kier molecular flexibility index (Phi) is 3.92. The predicted molar refractivity (Wildman–Crippen MR) is 87.5 cm³/mol. The molecule has 0 unspecified atom stereocenters. The number of aryl methyl sites for hydroxylation is 2. The van der Waals surface area contributed by atoms with Crippen molar-refractivity contribution in [1.29, 1.82) is 0 Å². The van der Waals surface area contributed by atoms with E-state index in [2.05, 4.69) is 27.5 Å². The predicted octanol–water partition coefficient (Wildman–Crippen LogP) is 3.84. The van der Waals surface area contributed by atoms with Crippen molar-refractivity contribution in [2.24, 2.45) is 7.05 Å². The van der Waals surface area contributed by atoms with Crippen LogP contribution >= 0.6 is 11.8 Å². The van der Waals surface area contributed by atoms with Crippen LogP contribution in [0.15, 0.2) is 35.6 Å². The van der Waals surface area contributed by atoms with Gasteiger partial charge < -0.3 is 4.57 Å². The molecule has 0 aromatic carbocycles. The third-order valence-electron chi connectivity index (χ3n) is 3.33. The molecule has 0 fully saturated rings. The van der Waals surface area contributed by atoms with Gasteiger partial charge in [0.1, 0.15) is 11.3 Å². The third kappa shape index (κ3) is 2.65. The van der Waals surface area contributed by atoms with Gasteiger partial charge in [0.05, 0.1) is 0 Å². The number of thioether (sulfide) groups is 1. The molecular formula is C16H18N4S. The van der Waals surface area contributed by atoms with Crippen LogP contribution in [-0.2, 0) is 7.05 Å². The summed E-state index contributed by atoms with van der Waals surface area (Å²) in [7, 11) is 2.02. The quantitative estimate of drug-likeness (QED) is 0.686. The maximum atomic E-state index is 4.77. The smallest absolute Gasteiger partial charge is 0.160 e. The van der Waals surface area contributed by atoms with E-state index in [-0.39, 0.29) is 0 Å². The van der Waals surface area contributed by atoms with Crippen molar-refractivity contribution in [3.63, 3.8) is 0 Å². The molecule has 0 N–H and O–H groups in total. The van der Waals surface area contributed by atoms with Crippen molar-refractivity contribution in [2.75, 3.05) is 5.75 Å². The van der Waals surface area contributed by atoms with Crippen LogP contribution in [0.1, 0.15) is 18.9 Å². The normalized spacial score (nSPS) is 11.2. The molecular weight excluding hydrogens is 280 g/mol. The third-order valence-corrected chi connectivity index (χ3v) is 4.58. The molecule has 0 aliphatic carbocycles. The van der Waals surface area contributed by atoms with Crippen molar-refractivity contribution in [2.45, 2.75) is 25.2 Å². The van der Waals surface area contributed by atoms with E-state index < -0.39 is 0 Å². The molecule has 3 rings (SSSR count). The molecule has 3 aromatic rings. The van der Waals surface area contributed by atoms with E-state index in [0.717, 1.165) is 40.3 Å². The van der Waals surface area contributed by atoms with Gasteiger partial charge in [0.25, 0.3) is 0 Å². The number of nitrogens with zero attached hydrogens (tertiary/aromatic N) is 4. The van der Waals surface area contributed by atoms with Crippen molar-refractivity contribution in [3.05, 3.63) is 36.3 Å². The molecule has 0 saturated carbocycles. The molecule has 0 radical (unpaired) electrons. The molecule has 108 valence electrons. The molecule has 21 heavy (non-hydrogen) atoms. The number of aromatic nitrogens is 4. The Balaban J connectivity index is 2.14. The van der Waals surface area contributed by atoms with Gasteiger partial charge in [-0.15, -0.1) is 11.8 Å². The van der Waals surface area contributed by atoms with Crippen molar-refractivity contribution in [3.8, 4) is 11.4 Å². The number of fused-ring (bicyclic) bond motifs is 1. The van der Waals surface area contributed by atoms with Gasteiger partial charge in [-0.1, -0.05) is 6.92 Å². The molecule has 0 spiro atoms. The largest absolute Gasteiger partial charge is 0.312 e. The fraction of sp³-hybridized carbons (Fsp3) is 0.312. The topological polar surface area (TPSA) is 43.6 Å². The Bertz CT molecular complexity index is 779. The van der Waals surface area contributed by atoms with E-state index in [1.807, 2.05) is 50.4 Å². The average Bonchev–Trinajstić information content (AvgIpc) is 2.81. The van der Waals surface area contributed by atoms with E-state index in [0.29, 0.717) is 0 Å². The second-order valence-corrected chi connectivity index (χ2v) is 6.21. The Morgan fingerprint density at radius 1 is 1.29 bits per heavy atom. The van der Waals surface area contributed by atoms with Crippen LogP contribution < -0.4 is 0 Å². The van der Waals surface area contributed by atoms with Crippen molar-refractivity contribution >= 4 is 22.9 Å². The molecule has 0 saturated heterocycles. The summed E-state index contributed by atoms with van der Waals surface area (Å²) in [5, 5.41) is 0. The molecule has 0 bridgehead atoms. The zero-order valence-corrected chi connectivity index (χ0v) is 13.3. The van der Waals surface area contributed by atoms with E-state index >= 15 is 0 Å². The van der Waals surface area contributed by atoms with E-state index in [1.54, 1.807) is 0 Å². The fourth-order valence-corrected chi connectivity index (χ4v) is 3.18. The van der Waals surface area contributed by atoms with E-state index in [9.17, 15) is 0 Å². The summed E-state index contributed by atoms with van der Waals surface area (Å²) < 4.78 is 2.06. The summed E-state index contributed by atoms with van der Waals surface area (Å²) in [5.41, 5.74) is 4.11. The van der Waals surface area contributed by atoms with Gasteiger partial charge in [-0.05, 0) is 36.8 Å². The van der Waals surface area contributed by atoms with Gasteiger partial charge in [0.2, 0.25) is 0 Å². The lowest BCUT2D eigenvalue weighted by Gasteiger charge is -2.07.